The smallest absolute Gasteiger partial charge is 0.230 e. The van der Waals surface area contributed by atoms with Crippen LogP contribution in [-0.4, -0.2) is 137 Å². The zero-order valence-corrected chi connectivity index (χ0v) is 78.2. The number of amides is 1. The number of anilines is 8. The summed E-state index contributed by atoms with van der Waals surface area (Å²) in [5, 5.41) is 33.7. The number of rotatable bonds is 22. The maximum atomic E-state index is 11.4. The van der Waals surface area contributed by atoms with Gasteiger partial charge in [-0.25, -0.2) is 75.6 Å². The number of nitrogens with one attached hydrogen (secondary N) is 11. The monoisotopic (exact) mass is 1710 g/mol. The van der Waals surface area contributed by atoms with Gasteiger partial charge < -0.3 is 69.7 Å². The van der Waals surface area contributed by atoms with Crippen LogP contribution in [0.3, 0.4) is 0 Å². The summed E-state index contributed by atoms with van der Waals surface area (Å²) in [5.41, 5.74) is 14.5. The Morgan fingerprint density at radius 3 is 1.31 bits per heavy atom. The van der Waals surface area contributed by atoms with Crippen LogP contribution in [0.1, 0.15) is 328 Å². The van der Waals surface area contributed by atoms with Crippen LogP contribution in [0.4, 0.5) is 46.4 Å². The quantitative estimate of drug-likeness (QED) is 0.0222. The van der Waals surface area contributed by atoms with Crippen LogP contribution in [0.15, 0.2) is 47.3 Å². The van der Waals surface area contributed by atoms with Gasteiger partial charge in [-0.3, -0.25) is 4.79 Å². The average molecular weight is 1710 g/mol. The Bertz CT molecular complexity index is 4580. The third-order valence-corrected chi connectivity index (χ3v) is 19.1. The van der Waals surface area contributed by atoms with E-state index in [2.05, 4.69) is 261 Å². The average Bonchev–Trinajstić information content (AvgIpc) is 1.57. The fourth-order valence-corrected chi connectivity index (χ4v) is 13.3. The van der Waals surface area contributed by atoms with Crippen LogP contribution in [0.5, 0.6) is 0 Å². The van der Waals surface area contributed by atoms with E-state index >= 15 is 0 Å². The second-order valence-electron chi connectivity index (χ2n) is 34.2. The molecule has 8 aromatic heterocycles. The molecule has 11 N–H and O–H groups in total. The topological polar surface area (TPSA) is 346 Å². The Kier molecular flexibility index (Phi) is 39.3. The molecule has 1 aromatic carbocycles. The minimum atomic E-state index is -0.0120. The number of aromatic amines is 1. The number of para-hydroxylation sites is 1. The molecule has 9 aromatic rings. The molecule has 14 rings (SSSR count). The zero-order chi connectivity index (χ0) is 85.5. The Hall–Kier alpha value is -8.92. The van der Waals surface area contributed by atoms with Crippen molar-refractivity contribution in [1.82, 2.24) is 85.4 Å². The van der Waals surface area contributed by atoms with Crippen molar-refractivity contribution >= 4 is 81.0 Å². The van der Waals surface area contributed by atoms with Gasteiger partial charge in [-0.2, -0.15) is 6.72 Å². The SMILES string of the molecule is C.CC(C)Nc1nc(C(C)C)nc2c1CCC2.CC(C)Nc1nc(C(C)C)nc2c1CCCC2.CC(C)Nc1nc(C(C)C)nc2c1CCNC2.CC(C)Nc1nc(C(C)C)nc2c1CNCC2.CC(C)Nc1nc(C(C)C)nc2c1NC(=O)C2.CC(C)Nc1nc(C(C)C)nc2cc[nH]c12.[2HH].[CH-]=NC(=[CH-])Nc1nc(CC)nc2ccccc12.[Y]. The summed E-state index contributed by atoms with van der Waals surface area (Å²) in [5.74, 6) is 15.0. The largest absolute Gasteiger partial charge is 0.577 e. The molecule has 0 spiro atoms. The minimum Gasteiger partial charge on any atom is -0.577 e. The first-order valence-electron chi connectivity index (χ1n) is 42.8. The fraction of sp³-hybridized carbons (Fsp3) is 0.582. The van der Waals surface area contributed by atoms with Crippen molar-refractivity contribution < 1.29 is 38.9 Å². The van der Waals surface area contributed by atoms with Crippen molar-refractivity contribution in [3.63, 3.8) is 0 Å². The van der Waals surface area contributed by atoms with Crippen molar-refractivity contribution in [3.05, 3.63) is 140 Å². The molecule has 1 amide bonds. The van der Waals surface area contributed by atoms with Crippen molar-refractivity contribution in [2.75, 3.05) is 55.6 Å². The van der Waals surface area contributed by atoms with Crippen LogP contribution in [0.2, 0.25) is 0 Å². The second kappa shape index (κ2) is 47.3. The van der Waals surface area contributed by atoms with E-state index in [4.69, 9.17) is 23.3 Å². The molecule has 2 aliphatic carbocycles. The number of nitrogens with zero attached hydrogens (tertiary/aromatic N) is 15. The van der Waals surface area contributed by atoms with Crippen molar-refractivity contribution in [2.24, 2.45) is 4.99 Å². The standard InChI is InChI=1S/C14H23N3.2C13H22N4.C13H12N4.C13H21N3.C12H18N4O.C12H18N4.CH4.Y.H2/c1-9(2)13-16-12-8-6-5-7-11(12)14(17-13)15-10(3)4;1-8(2)12-16-11-5-6-14-7-10(11)13(17-12)15-9(3)4;1-8(2)12-16-11-7-14-6-5-10(11)13(17-12)15-9(3)4;1-4-12-16-11-8-6-5-7-10(11)13(17-12)15-9(2)14-3;1-8(2)12-15-11-7-5-6-10(11)13(16-12)14-9(3)4;1-6(2)11-14-8-5-9(17)15-10(8)12(16-11)13-7(3)4;1-7(2)11-15-9-5-6-13-10(9)12(16-11)14-8(3)4;;;/h9-10H,5-8H2,1-4H3,(H,15,16,17);2*8-9,14H,5-7H2,1-4H3,(H,15,16,17);2-3,5-8H,4H2,1H3,(H,15,16,17);8-9H,5-7H2,1-4H3,(H,14,15,16);6-7H,5H2,1-4H3,(H,15,17)(H,13,14,16);5-8,13H,1-4H3,(H,14,15,16);1H4;;1H/q;;;-2;;;;;;/i;;;;;;;;;1+1. The molecule has 0 unspecified atom stereocenters. The molecular weight excluding hydrogens is 1560 g/mol. The third kappa shape index (κ3) is 29.2. The number of fused-ring (bicyclic) bond motifs is 7. The van der Waals surface area contributed by atoms with Gasteiger partial charge in [0, 0.05) is 184 Å². The fourth-order valence-electron chi connectivity index (χ4n) is 13.3. The van der Waals surface area contributed by atoms with Crippen molar-refractivity contribution in [3.8, 4) is 0 Å². The second-order valence-corrected chi connectivity index (χ2v) is 34.2. The Balaban J connectivity index is 0.000000248. The van der Waals surface area contributed by atoms with Gasteiger partial charge in [-0.05, 0) is 159 Å². The van der Waals surface area contributed by atoms with E-state index in [9.17, 15) is 4.79 Å². The van der Waals surface area contributed by atoms with Gasteiger partial charge in [-0.1, -0.05) is 110 Å². The van der Waals surface area contributed by atoms with E-state index in [0.717, 1.165) is 186 Å². The number of carbonyl (C=O) groups is 1. The Labute approximate surface area is 737 Å². The zero-order valence-electron chi connectivity index (χ0n) is 75.3. The molecule has 27 nitrogen and oxygen atoms in total. The summed E-state index contributed by atoms with van der Waals surface area (Å²) in [7, 11) is 0. The summed E-state index contributed by atoms with van der Waals surface area (Å²) >= 11 is 0. The molecule has 0 bridgehead atoms. The van der Waals surface area contributed by atoms with Gasteiger partial charge in [0.1, 0.15) is 81.1 Å². The summed E-state index contributed by atoms with van der Waals surface area (Å²) < 4.78 is 0. The molecule has 11 heterocycles. The number of hydrogen-bond acceptors (Lipinski definition) is 25. The van der Waals surface area contributed by atoms with E-state index in [1.807, 2.05) is 71.1 Å². The Morgan fingerprint density at radius 1 is 0.420 bits per heavy atom. The molecular formula is C91H142N26OY-2. The number of H-pyrrole nitrogens is 1. The summed E-state index contributed by atoms with van der Waals surface area (Å²) in [6.07, 6.45) is 13.3. The molecule has 0 saturated heterocycles. The number of hydrogen-bond donors (Lipinski definition) is 11. The molecule has 0 saturated carbocycles. The van der Waals surface area contributed by atoms with E-state index in [-0.39, 0.29) is 65.3 Å². The van der Waals surface area contributed by atoms with Gasteiger partial charge >= 0.3 is 0 Å². The van der Waals surface area contributed by atoms with Crippen LogP contribution in [-0.2, 0) is 102 Å². The molecule has 3 aliphatic heterocycles. The summed E-state index contributed by atoms with van der Waals surface area (Å²) in [4.78, 5) is 82.2. The van der Waals surface area contributed by atoms with Gasteiger partial charge in [-0.15, -0.1) is 0 Å². The molecule has 119 heavy (non-hydrogen) atoms. The maximum absolute atomic E-state index is 11.4. The number of aromatic nitrogens is 15. The minimum absolute atomic E-state index is 0. The van der Waals surface area contributed by atoms with E-state index in [0.29, 0.717) is 72.0 Å². The molecule has 0 atom stereocenters. The van der Waals surface area contributed by atoms with E-state index in [1.165, 1.54) is 58.6 Å². The summed E-state index contributed by atoms with van der Waals surface area (Å²) in [6.45, 7) is 67.3. The van der Waals surface area contributed by atoms with Crippen LogP contribution in [0.25, 0.3) is 21.9 Å². The van der Waals surface area contributed by atoms with E-state index < -0.39 is 0 Å². The predicted molar refractivity (Wildman–Crippen MR) is 491 cm³/mol. The molecule has 28 heteroatoms. The van der Waals surface area contributed by atoms with Crippen LogP contribution >= 0.6 is 0 Å². The van der Waals surface area contributed by atoms with Gasteiger partial charge in [0.15, 0.2) is 11.6 Å². The number of benzene rings is 1. The number of carbonyl (C=O) groups excluding carboxylic acids is 1. The summed E-state index contributed by atoms with van der Waals surface area (Å²) in [6, 6.07) is 12.0. The number of aryl methyl sites for hydroxylation is 3. The predicted octanol–water partition coefficient (Wildman–Crippen LogP) is 18.5. The molecule has 647 valence electrons. The molecule has 1 radical (unpaired) electrons. The number of aliphatic imine (C=N–C) groups is 1. The first-order chi connectivity index (χ1) is 55.6. The maximum Gasteiger partial charge on any atom is 0.230 e. The van der Waals surface area contributed by atoms with Crippen LogP contribution < -0.4 is 53.2 Å². The first-order valence-corrected chi connectivity index (χ1v) is 42.8. The van der Waals surface area contributed by atoms with Crippen molar-refractivity contribution in [2.45, 2.75) is 336 Å². The van der Waals surface area contributed by atoms with Gasteiger partial charge in [0.05, 0.1) is 34.5 Å². The molecule has 0 fully saturated rings. The Morgan fingerprint density at radius 2 is 0.815 bits per heavy atom. The first kappa shape index (κ1) is 98.9. The van der Waals surface area contributed by atoms with Crippen LogP contribution in [0, 0.1) is 6.58 Å². The normalized spacial score (nSPS) is 13.5. The third-order valence-electron chi connectivity index (χ3n) is 19.1. The van der Waals surface area contributed by atoms with Gasteiger partial charge in [0.25, 0.3) is 0 Å². The molecule has 5 aliphatic rings. The van der Waals surface area contributed by atoms with Crippen molar-refractivity contribution in [1.29, 1.82) is 0 Å². The van der Waals surface area contributed by atoms with E-state index in [1.54, 1.807) is 0 Å². The van der Waals surface area contributed by atoms with Gasteiger partial charge in [0.2, 0.25) is 5.91 Å².